The second-order valence-electron chi connectivity index (χ2n) is 3.53. The van der Waals surface area contributed by atoms with E-state index in [0.717, 1.165) is 38.4 Å². The van der Waals surface area contributed by atoms with Crippen molar-refractivity contribution in [2.45, 2.75) is 20.3 Å². The van der Waals surface area contributed by atoms with E-state index >= 15 is 0 Å². The second-order valence-corrected chi connectivity index (χ2v) is 3.93. The summed E-state index contributed by atoms with van der Waals surface area (Å²) in [5.41, 5.74) is 0. The Balaban J connectivity index is 2.23. The van der Waals surface area contributed by atoms with Crippen LogP contribution >= 0.6 is 11.6 Å². The average molecular weight is 243 g/mol. The molecule has 1 aromatic rings. The summed E-state index contributed by atoms with van der Waals surface area (Å²) >= 11 is 5.92. The van der Waals surface area contributed by atoms with Gasteiger partial charge in [0.15, 0.2) is 0 Å². The van der Waals surface area contributed by atoms with Crippen molar-refractivity contribution in [1.82, 2.24) is 14.9 Å². The van der Waals surface area contributed by atoms with Gasteiger partial charge < -0.3 is 10.2 Å². The second kappa shape index (κ2) is 7.41. The van der Waals surface area contributed by atoms with E-state index in [-0.39, 0.29) is 0 Å². The lowest BCUT2D eigenvalue weighted by Crippen LogP contribution is -2.25. The zero-order chi connectivity index (χ0) is 11.8. The molecule has 16 heavy (non-hydrogen) atoms. The van der Waals surface area contributed by atoms with E-state index in [1.807, 2.05) is 0 Å². The molecule has 0 aliphatic carbocycles. The van der Waals surface area contributed by atoms with Crippen molar-refractivity contribution < 1.29 is 0 Å². The Morgan fingerprint density at radius 1 is 1.38 bits per heavy atom. The summed E-state index contributed by atoms with van der Waals surface area (Å²) < 4.78 is 0. The number of hydrogen-bond acceptors (Lipinski definition) is 4. The normalized spacial score (nSPS) is 10.8. The summed E-state index contributed by atoms with van der Waals surface area (Å²) in [6.07, 6.45) is 4.18. The average Bonchev–Trinajstić information content (AvgIpc) is 2.31. The van der Waals surface area contributed by atoms with E-state index in [2.05, 4.69) is 34.0 Å². The standard InChI is InChI=1S/C11H19ClN4/c1-3-16(4-2)7-5-6-14-11-10(12)8-13-9-15-11/h8-9H,3-7H2,1-2H3,(H,13,14,15). The minimum absolute atomic E-state index is 0.574. The van der Waals surface area contributed by atoms with Gasteiger partial charge in [-0.25, -0.2) is 9.97 Å². The summed E-state index contributed by atoms with van der Waals surface area (Å²) in [5.74, 6) is 0.719. The highest BCUT2D eigenvalue weighted by molar-refractivity contribution is 6.32. The molecule has 0 saturated heterocycles. The molecule has 90 valence electrons. The summed E-state index contributed by atoms with van der Waals surface area (Å²) in [6.45, 7) is 8.54. The van der Waals surface area contributed by atoms with Crippen molar-refractivity contribution in [1.29, 1.82) is 0 Å². The molecule has 0 unspecified atom stereocenters. The van der Waals surface area contributed by atoms with Crippen molar-refractivity contribution in [3.63, 3.8) is 0 Å². The molecule has 1 rings (SSSR count). The number of hydrogen-bond donors (Lipinski definition) is 1. The zero-order valence-corrected chi connectivity index (χ0v) is 10.7. The van der Waals surface area contributed by atoms with Crippen molar-refractivity contribution in [3.8, 4) is 0 Å². The maximum Gasteiger partial charge on any atom is 0.148 e. The van der Waals surface area contributed by atoms with Gasteiger partial charge in [-0.3, -0.25) is 0 Å². The van der Waals surface area contributed by atoms with Crippen LogP contribution in [-0.2, 0) is 0 Å². The highest BCUT2D eigenvalue weighted by Gasteiger charge is 2.01. The van der Waals surface area contributed by atoms with Crippen LogP contribution in [0.2, 0.25) is 5.02 Å². The van der Waals surface area contributed by atoms with Crippen molar-refractivity contribution in [2.75, 3.05) is 31.5 Å². The Hall–Kier alpha value is -0.870. The fraction of sp³-hybridized carbons (Fsp3) is 0.636. The van der Waals surface area contributed by atoms with Gasteiger partial charge in [-0.15, -0.1) is 0 Å². The predicted molar refractivity (Wildman–Crippen MR) is 67.9 cm³/mol. The van der Waals surface area contributed by atoms with Gasteiger partial charge in [-0.1, -0.05) is 25.4 Å². The molecule has 1 aromatic heterocycles. The molecular weight excluding hydrogens is 224 g/mol. The molecule has 0 saturated carbocycles. The summed E-state index contributed by atoms with van der Waals surface area (Å²) in [7, 11) is 0. The van der Waals surface area contributed by atoms with E-state index < -0.39 is 0 Å². The number of nitrogens with one attached hydrogen (secondary N) is 1. The third kappa shape index (κ3) is 4.33. The molecule has 0 aromatic carbocycles. The largest absolute Gasteiger partial charge is 0.369 e. The van der Waals surface area contributed by atoms with E-state index in [1.165, 1.54) is 6.33 Å². The first-order valence-electron chi connectivity index (χ1n) is 5.69. The number of halogens is 1. The maximum atomic E-state index is 5.92. The van der Waals surface area contributed by atoms with E-state index in [4.69, 9.17) is 11.6 Å². The molecule has 0 radical (unpaired) electrons. The monoisotopic (exact) mass is 242 g/mol. The first kappa shape index (κ1) is 13.2. The van der Waals surface area contributed by atoms with Gasteiger partial charge in [-0.2, -0.15) is 0 Å². The van der Waals surface area contributed by atoms with Crippen LogP contribution in [0.15, 0.2) is 12.5 Å². The highest BCUT2D eigenvalue weighted by Crippen LogP contribution is 2.15. The number of aromatic nitrogens is 2. The first-order chi connectivity index (χ1) is 7.77. The molecule has 0 aliphatic rings. The van der Waals surface area contributed by atoms with Crippen molar-refractivity contribution in [3.05, 3.63) is 17.5 Å². The number of rotatable bonds is 7. The lowest BCUT2D eigenvalue weighted by atomic mass is 10.3. The molecular formula is C11H19ClN4. The van der Waals surface area contributed by atoms with Gasteiger partial charge in [-0.05, 0) is 26.1 Å². The van der Waals surface area contributed by atoms with Crippen LogP contribution in [0.4, 0.5) is 5.82 Å². The lowest BCUT2D eigenvalue weighted by Gasteiger charge is -2.17. The van der Waals surface area contributed by atoms with Gasteiger partial charge >= 0.3 is 0 Å². The Kier molecular flexibility index (Phi) is 6.11. The van der Waals surface area contributed by atoms with Crippen LogP contribution in [0.5, 0.6) is 0 Å². The Labute approximate surface area is 102 Å². The Bertz CT molecular complexity index is 302. The van der Waals surface area contributed by atoms with E-state index in [0.29, 0.717) is 5.02 Å². The minimum Gasteiger partial charge on any atom is -0.369 e. The van der Waals surface area contributed by atoms with Crippen LogP contribution in [0.25, 0.3) is 0 Å². The van der Waals surface area contributed by atoms with Crippen LogP contribution in [0.1, 0.15) is 20.3 Å². The predicted octanol–water partition coefficient (Wildman–Crippen LogP) is 2.27. The van der Waals surface area contributed by atoms with E-state index in [1.54, 1.807) is 6.20 Å². The fourth-order valence-corrected chi connectivity index (χ4v) is 1.66. The molecule has 1 heterocycles. The van der Waals surface area contributed by atoms with Gasteiger partial charge in [0.2, 0.25) is 0 Å². The fourth-order valence-electron chi connectivity index (χ4n) is 1.49. The summed E-state index contributed by atoms with van der Waals surface area (Å²) in [4.78, 5) is 10.3. The van der Waals surface area contributed by atoms with Crippen molar-refractivity contribution >= 4 is 17.4 Å². The van der Waals surface area contributed by atoms with Crippen LogP contribution < -0.4 is 5.32 Å². The molecule has 0 spiro atoms. The molecule has 0 aliphatic heterocycles. The number of nitrogens with zero attached hydrogens (tertiary/aromatic N) is 3. The first-order valence-corrected chi connectivity index (χ1v) is 6.07. The van der Waals surface area contributed by atoms with Gasteiger partial charge in [0.1, 0.15) is 17.2 Å². The van der Waals surface area contributed by atoms with Gasteiger partial charge in [0, 0.05) is 6.54 Å². The number of anilines is 1. The highest BCUT2D eigenvalue weighted by atomic mass is 35.5. The smallest absolute Gasteiger partial charge is 0.148 e. The summed E-state index contributed by atoms with van der Waals surface area (Å²) in [6, 6.07) is 0. The van der Waals surface area contributed by atoms with Crippen LogP contribution in [0, 0.1) is 0 Å². The molecule has 5 heteroatoms. The molecule has 0 bridgehead atoms. The molecule has 0 amide bonds. The van der Waals surface area contributed by atoms with Crippen LogP contribution in [-0.4, -0.2) is 41.0 Å². The Morgan fingerprint density at radius 3 is 2.75 bits per heavy atom. The maximum absolute atomic E-state index is 5.92. The quantitative estimate of drug-likeness (QED) is 0.745. The molecule has 0 atom stereocenters. The molecule has 4 nitrogen and oxygen atoms in total. The van der Waals surface area contributed by atoms with Crippen molar-refractivity contribution in [2.24, 2.45) is 0 Å². The minimum atomic E-state index is 0.574. The third-order valence-electron chi connectivity index (χ3n) is 2.51. The topological polar surface area (TPSA) is 41.0 Å². The molecule has 1 N–H and O–H groups in total. The van der Waals surface area contributed by atoms with E-state index in [9.17, 15) is 0 Å². The third-order valence-corrected chi connectivity index (χ3v) is 2.78. The molecule has 0 fully saturated rings. The zero-order valence-electron chi connectivity index (χ0n) is 9.91. The van der Waals surface area contributed by atoms with Gasteiger partial charge in [0.25, 0.3) is 0 Å². The SMILES string of the molecule is CCN(CC)CCCNc1ncncc1Cl. The van der Waals surface area contributed by atoms with Crippen LogP contribution in [0.3, 0.4) is 0 Å². The Morgan fingerprint density at radius 2 is 2.12 bits per heavy atom. The summed E-state index contributed by atoms with van der Waals surface area (Å²) in [5, 5.41) is 3.78. The lowest BCUT2D eigenvalue weighted by molar-refractivity contribution is 0.303. The van der Waals surface area contributed by atoms with Gasteiger partial charge in [0.05, 0.1) is 6.20 Å².